The van der Waals surface area contributed by atoms with Crippen molar-refractivity contribution >= 4 is 28.6 Å². The number of aromatic amines is 1. The quantitative estimate of drug-likeness (QED) is 0.455. The standard InChI is InChI=1S/C28H35N3O2/c1-28(2,3)31-16-13-21(14-17-31)25-19-29-26-12-11-23(18-24(25)26)30(20-32)15-7-9-22-8-5-6-10-27(22)33-4/h5-6,8,10-13,18-20,29H,7,9,14-17H2,1-4H3. The number of H-pyrrole nitrogens is 1. The monoisotopic (exact) mass is 445 g/mol. The van der Waals surface area contributed by atoms with Crippen molar-refractivity contribution in [3.63, 3.8) is 0 Å². The predicted octanol–water partition coefficient (Wildman–Crippen LogP) is 5.66. The molecule has 0 saturated heterocycles. The minimum atomic E-state index is 0.184. The highest BCUT2D eigenvalue weighted by atomic mass is 16.5. The van der Waals surface area contributed by atoms with Crippen LogP contribution in [-0.4, -0.2) is 48.6 Å². The fraction of sp³-hybridized carbons (Fsp3) is 0.393. The Labute approximate surface area is 197 Å². The molecule has 1 aromatic heterocycles. The van der Waals surface area contributed by atoms with Crippen LogP contribution < -0.4 is 9.64 Å². The van der Waals surface area contributed by atoms with Crippen LogP contribution in [0.15, 0.2) is 54.7 Å². The van der Waals surface area contributed by atoms with Crippen molar-refractivity contribution in [3.05, 3.63) is 65.9 Å². The van der Waals surface area contributed by atoms with Crippen LogP contribution in [0, 0.1) is 0 Å². The van der Waals surface area contributed by atoms with Gasteiger partial charge in [-0.15, -0.1) is 0 Å². The number of fused-ring (bicyclic) bond motifs is 1. The number of ether oxygens (including phenoxy) is 1. The number of carbonyl (C=O) groups is 1. The van der Waals surface area contributed by atoms with Gasteiger partial charge in [-0.2, -0.15) is 0 Å². The summed E-state index contributed by atoms with van der Waals surface area (Å²) in [7, 11) is 1.70. The van der Waals surface area contributed by atoms with Crippen molar-refractivity contribution < 1.29 is 9.53 Å². The van der Waals surface area contributed by atoms with Crippen LogP contribution in [0.2, 0.25) is 0 Å². The summed E-state index contributed by atoms with van der Waals surface area (Å²) in [6.07, 6.45) is 8.17. The lowest BCUT2D eigenvalue weighted by molar-refractivity contribution is -0.107. The first kappa shape index (κ1) is 23.1. The summed E-state index contributed by atoms with van der Waals surface area (Å²) in [6, 6.07) is 14.3. The molecule has 1 N–H and O–H groups in total. The number of rotatable bonds is 8. The van der Waals surface area contributed by atoms with Gasteiger partial charge in [0.1, 0.15) is 5.75 Å². The van der Waals surface area contributed by atoms with Gasteiger partial charge in [-0.1, -0.05) is 24.3 Å². The Morgan fingerprint density at radius 3 is 2.70 bits per heavy atom. The molecule has 1 aliphatic rings. The zero-order valence-corrected chi connectivity index (χ0v) is 20.2. The topological polar surface area (TPSA) is 48.6 Å². The fourth-order valence-electron chi connectivity index (χ4n) is 4.67. The Bertz CT molecular complexity index is 1140. The minimum Gasteiger partial charge on any atom is -0.496 e. The number of hydrogen-bond acceptors (Lipinski definition) is 3. The zero-order chi connectivity index (χ0) is 23.4. The average molecular weight is 446 g/mol. The van der Waals surface area contributed by atoms with Gasteiger partial charge in [0.05, 0.1) is 7.11 Å². The summed E-state index contributed by atoms with van der Waals surface area (Å²) in [5.41, 5.74) is 6.03. The van der Waals surface area contributed by atoms with Gasteiger partial charge in [0, 0.05) is 53.5 Å². The molecule has 0 spiro atoms. The zero-order valence-electron chi connectivity index (χ0n) is 20.2. The Kier molecular flexibility index (Phi) is 6.89. The molecular weight excluding hydrogens is 410 g/mol. The second-order valence-electron chi connectivity index (χ2n) is 9.74. The Hall–Kier alpha value is -3.05. The van der Waals surface area contributed by atoms with E-state index in [-0.39, 0.29) is 5.54 Å². The maximum atomic E-state index is 11.9. The third kappa shape index (κ3) is 5.14. The maximum Gasteiger partial charge on any atom is 0.214 e. The van der Waals surface area contributed by atoms with E-state index >= 15 is 0 Å². The van der Waals surface area contributed by atoms with Crippen LogP contribution in [0.5, 0.6) is 5.75 Å². The first-order valence-electron chi connectivity index (χ1n) is 11.8. The lowest BCUT2D eigenvalue weighted by Gasteiger charge is -2.37. The van der Waals surface area contributed by atoms with E-state index in [0.717, 1.165) is 55.7 Å². The largest absolute Gasteiger partial charge is 0.496 e. The molecule has 33 heavy (non-hydrogen) atoms. The summed E-state index contributed by atoms with van der Waals surface area (Å²) >= 11 is 0. The molecule has 0 atom stereocenters. The molecule has 0 saturated carbocycles. The summed E-state index contributed by atoms with van der Waals surface area (Å²) < 4.78 is 5.45. The molecule has 174 valence electrons. The number of methoxy groups -OCH3 is 1. The van der Waals surface area contributed by atoms with E-state index in [2.05, 4.69) is 61.1 Å². The number of para-hydroxylation sites is 1. The highest BCUT2D eigenvalue weighted by Gasteiger charge is 2.24. The molecule has 0 bridgehead atoms. The number of nitrogens with zero attached hydrogens (tertiary/aromatic N) is 2. The first-order valence-corrected chi connectivity index (χ1v) is 11.8. The van der Waals surface area contributed by atoms with Crippen LogP contribution in [0.4, 0.5) is 5.69 Å². The smallest absolute Gasteiger partial charge is 0.214 e. The molecule has 5 nitrogen and oxygen atoms in total. The Morgan fingerprint density at radius 2 is 2.00 bits per heavy atom. The number of amides is 1. The van der Waals surface area contributed by atoms with Crippen LogP contribution in [0.25, 0.3) is 16.5 Å². The van der Waals surface area contributed by atoms with Gasteiger partial charge in [0.15, 0.2) is 0 Å². The number of anilines is 1. The van der Waals surface area contributed by atoms with E-state index in [0.29, 0.717) is 6.54 Å². The van der Waals surface area contributed by atoms with Gasteiger partial charge in [0.2, 0.25) is 6.41 Å². The Balaban J connectivity index is 1.50. The molecule has 1 amide bonds. The van der Waals surface area contributed by atoms with Gasteiger partial charge in [-0.3, -0.25) is 9.69 Å². The molecule has 0 unspecified atom stereocenters. The molecule has 1 aliphatic heterocycles. The van der Waals surface area contributed by atoms with Gasteiger partial charge in [0.25, 0.3) is 0 Å². The second kappa shape index (κ2) is 9.84. The van der Waals surface area contributed by atoms with E-state index < -0.39 is 0 Å². The molecule has 2 aromatic carbocycles. The summed E-state index contributed by atoms with van der Waals surface area (Å²) in [4.78, 5) is 19.7. The van der Waals surface area contributed by atoms with E-state index in [1.165, 1.54) is 22.1 Å². The van der Waals surface area contributed by atoms with Gasteiger partial charge < -0.3 is 14.6 Å². The molecule has 0 fully saturated rings. The van der Waals surface area contributed by atoms with Gasteiger partial charge in [-0.05, 0) is 75.4 Å². The molecular formula is C28H35N3O2. The lowest BCUT2D eigenvalue weighted by Crippen LogP contribution is -2.43. The van der Waals surface area contributed by atoms with E-state index in [1.54, 1.807) is 7.11 Å². The van der Waals surface area contributed by atoms with E-state index in [1.807, 2.05) is 29.2 Å². The molecule has 2 heterocycles. The third-order valence-electron chi connectivity index (χ3n) is 6.67. The van der Waals surface area contributed by atoms with E-state index in [9.17, 15) is 4.79 Å². The first-order chi connectivity index (χ1) is 15.9. The maximum absolute atomic E-state index is 11.9. The number of hydrogen-bond donors (Lipinski definition) is 1. The van der Waals surface area contributed by atoms with Crippen molar-refractivity contribution in [3.8, 4) is 5.75 Å². The lowest BCUT2D eigenvalue weighted by atomic mass is 9.95. The minimum absolute atomic E-state index is 0.184. The average Bonchev–Trinajstić information content (AvgIpc) is 3.25. The number of benzene rings is 2. The third-order valence-corrected chi connectivity index (χ3v) is 6.67. The molecule has 0 aliphatic carbocycles. The highest BCUT2D eigenvalue weighted by molar-refractivity contribution is 5.96. The molecule has 5 heteroatoms. The van der Waals surface area contributed by atoms with Crippen molar-refractivity contribution in [2.24, 2.45) is 0 Å². The summed E-state index contributed by atoms with van der Waals surface area (Å²) in [6.45, 7) is 9.50. The molecule has 3 aromatic rings. The molecule has 4 rings (SSSR count). The number of aryl methyl sites for hydroxylation is 1. The summed E-state index contributed by atoms with van der Waals surface area (Å²) in [5, 5.41) is 1.18. The molecule has 0 radical (unpaired) electrons. The van der Waals surface area contributed by atoms with Crippen LogP contribution in [-0.2, 0) is 11.2 Å². The second-order valence-corrected chi connectivity index (χ2v) is 9.74. The van der Waals surface area contributed by atoms with Crippen LogP contribution in [0.3, 0.4) is 0 Å². The number of carbonyl (C=O) groups excluding carboxylic acids is 1. The van der Waals surface area contributed by atoms with Crippen LogP contribution >= 0.6 is 0 Å². The number of aromatic nitrogens is 1. The predicted molar refractivity (Wildman–Crippen MR) is 137 cm³/mol. The van der Waals surface area contributed by atoms with Crippen LogP contribution in [0.1, 0.15) is 44.7 Å². The van der Waals surface area contributed by atoms with Crippen molar-refractivity contribution in [1.82, 2.24) is 9.88 Å². The van der Waals surface area contributed by atoms with E-state index in [4.69, 9.17) is 4.74 Å². The normalized spacial score (nSPS) is 14.8. The van der Waals surface area contributed by atoms with Crippen molar-refractivity contribution in [1.29, 1.82) is 0 Å². The van der Waals surface area contributed by atoms with Crippen molar-refractivity contribution in [2.45, 2.75) is 45.6 Å². The number of nitrogens with one attached hydrogen (secondary N) is 1. The van der Waals surface area contributed by atoms with Gasteiger partial charge >= 0.3 is 0 Å². The SMILES string of the molecule is COc1ccccc1CCCN(C=O)c1ccc2[nH]cc(C3=CCN(C(C)(C)C)CC3)c2c1. The van der Waals surface area contributed by atoms with Crippen molar-refractivity contribution in [2.75, 3.05) is 31.6 Å². The fourth-order valence-corrected chi connectivity index (χ4v) is 4.67. The highest BCUT2D eigenvalue weighted by Crippen LogP contribution is 2.33. The Morgan fingerprint density at radius 1 is 1.18 bits per heavy atom. The van der Waals surface area contributed by atoms with Gasteiger partial charge in [-0.25, -0.2) is 0 Å². The summed E-state index contributed by atoms with van der Waals surface area (Å²) in [5.74, 6) is 0.902.